The third-order valence-electron chi connectivity index (χ3n) is 2.79. The van der Waals surface area contributed by atoms with Gasteiger partial charge in [-0.15, -0.1) is 0 Å². The first-order chi connectivity index (χ1) is 10.0. The van der Waals surface area contributed by atoms with E-state index in [1.165, 1.54) is 11.8 Å². The summed E-state index contributed by atoms with van der Waals surface area (Å²) in [5.74, 6) is -0.608. The number of carbonyl (C=O) groups is 1. The van der Waals surface area contributed by atoms with Crippen LogP contribution >= 0.6 is 27.7 Å². The molecule has 0 radical (unpaired) electrons. The zero-order valence-electron chi connectivity index (χ0n) is 11.7. The molecule has 0 aliphatic rings. The van der Waals surface area contributed by atoms with Gasteiger partial charge in [-0.25, -0.2) is 9.97 Å². The molecular weight excluding hydrogens is 358 g/mol. The van der Waals surface area contributed by atoms with Crippen LogP contribution in [0, 0.1) is 5.92 Å². The van der Waals surface area contributed by atoms with E-state index >= 15 is 0 Å². The third-order valence-corrected chi connectivity index (χ3v) is 4.18. The molecule has 0 saturated carbocycles. The molecule has 1 unspecified atom stereocenters. The number of nitrogens with zero attached hydrogens (tertiary/aromatic N) is 3. The van der Waals surface area contributed by atoms with Crippen LogP contribution in [0.15, 0.2) is 21.9 Å². The van der Waals surface area contributed by atoms with Crippen molar-refractivity contribution in [1.29, 1.82) is 0 Å². The fourth-order valence-electron chi connectivity index (χ4n) is 2.02. The number of carboxylic acids is 1. The highest BCUT2D eigenvalue weighted by molar-refractivity contribution is 9.10. The number of ether oxygens (including phenoxy) is 1. The molecule has 0 aliphatic heterocycles. The van der Waals surface area contributed by atoms with Crippen LogP contribution in [-0.2, 0) is 16.1 Å². The third kappa shape index (κ3) is 4.18. The Kier molecular flexibility index (Phi) is 5.60. The zero-order chi connectivity index (χ0) is 15.4. The summed E-state index contributed by atoms with van der Waals surface area (Å²) >= 11 is 4.57. The Labute approximate surface area is 135 Å². The van der Waals surface area contributed by atoms with E-state index < -0.39 is 5.97 Å². The maximum atomic E-state index is 10.8. The standard InChI is InChI=1S/C13H16BrN3O3S/c1-8(6-20-2)5-17-12-10(3-9(14)4-15-12)16-13(17)21-7-11(18)19/h3-4,8H,5-7H2,1-2H3,(H,18,19). The summed E-state index contributed by atoms with van der Waals surface area (Å²) in [6.45, 7) is 3.37. The monoisotopic (exact) mass is 373 g/mol. The molecular formula is C13H16BrN3O3S. The first-order valence-electron chi connectivity index (χ1n) is 6.36. The molecule has 0 amide bonds. The molecule has 1 N–H and O–H groups in total. The van der Waals surface area contributed by atoms with E-state index in [0.29, 0.717) is 18.3 Å². The van der Waals surface area contributed by atoms with Crippen LogP contribution in [0.5, 0.6) is 0 Å². The number of fused-ring (bicyclic) bond motifs is 1. The minimum absolute atomic E-state index is 0.0247. The molecule has 21 heavy (non-hydrogen) atoms. The van der Waals surface area contributed by atoms with Crippen molar-refractivity contribution in [3.63, 3.8) is 0 Å². The maximum absolute atomic E-state index is 10.8. The normalized spacial score (nSPS) is 12.7. The number of aliphatic carboxylic acids is 1. The van der Waals surface area contributed by atoms with Gasteiger partial charge in [0.1, 0.15) is 5.52 Å². The van der Waals surface area contributed by atoms with Gasteiger partial charge in [0.25, 0.3) is 0 Å². The van der Waals surface area contributed by atoms with Crippen molar-refractivity contribution < 1.29 is 14.6 Å². The Morgan fingerprint density at radius 2 is 2.38 bits per heavy atom. The van der Waals surface area contributed by atoms with Gasteiger partial charge >= 0.3 is 5.97 Å². The van der Waals surface area contributed by atoms with E-state index in [2.05, 4.69) is 32.8 Å². The summed E-state index contributed by atoms with van der Waals surface area (Å²) < 4.78 is 7.96. The summed E-state index contributed by atoms with van der Waals surface area (Å²) in [6, 6.07) is 1.88. The van der Waals surface area contributed by atoms with Crippen LogP contribution < -0.4 is 0 Å². The second-order valence-corrected chi connectivity index (χ2v) is 6.60. The minimum Gasteiger partial charge on any atom is -0.481 e. The molecule has 8 heteroatoms. The number of hydrogen-bond donors (Lipinski definition) is 1. The predicted molar refractivity (Wildman–Crippen MR) is 84.6 cm³/mol. The van der Waals surface area contributed by atoms with Crippen LogP contribution in [0.3, 0.4) is 0 Å². The Morgan fingerprint density at radius 3 is 3.05 bits per heavy atom. The van der Waals surface area contributed by atoms with Crippen molar-refractivity contribution in [1.82, 2.24) is 14.5 Å². The molecule has 0 spiro atoms. The van der Waals surface area contributed by atoms with Crippen LogP contribution in [0.1, 0.15) is 6.92 Å². The smallest absolute Gasteiger partial charge is 0.313 e. The van der Waals surface area contributed by atoms with Crippen molar-refractivity contribution in [2.45, 2.75) is 18.6 Å². The second-order valence-electron chi connectivity index (χ2n) is 4.74. The van der Waals surface area contributed by atoms with E-state index in [-0.39, 0.29) is 11.7 Å². The number of pyridine rings is 1. The van der Waals surface area contributed by atoms with E-state index in [0.717, 1.165) is 15.6 Å². The number of halogens is 1. The average molecular weight is 374 g/mol. The lowest BCUT2D eigenvalue weighted by Crippen LogP contribution is -2.14. The topological polar surface area (TPSA) is 77.2 Å². The highest BCUT2D eigenvalue weighted by Crippen LogP contribution is 2.25. The van der Waals surface area contributed by atoms with E-state index in [4.69, 9.17) is 9.84 Å². The molecule has 6 nitrogen and oxygen atoms in total. The largest absolute Gasteiger partial charge is 0.481 e. The molecule has 0 aliphatic carbocycles. The average Bonchev–Trinajstić information content (AvgIpc) is 2.74. The van der Waals surface area contributed by atoms with Gasteiger partial charge in [-0.2, -0.15) is 0 Å². The number of imidazole rings is 1. The number of thioether (sulfide) groups is 1. The number of aromatic nitrogens is 3. The Hall–Kier alpha value is -1.12. The minimum atomic E-state index is -0.863. The van der Waals surface area contributed by atoms with Gasteiger partial charge in [0, 0.05) is 24.3 Å². The van der Waals surface area contributed by atoms with Crippen molar-refractivity contribution in [3.8, 4) is 0 Å². The highest BCUT2D eigenvalue weighted by atomic mass is 79.9. The van der Waals surface area contributed by atoms with Crippen molar-refractivity contribution in [2.75, 3.05) is 19.5 Å². The lowest BCUT2D eigenvalue weighted by molar-refractivity contribution is -0.133. The van der Waals surface area contributed by atoms with Crippen molar-refractivity contribution >= 4 is 44.8 Å². The number of methoxy groups -OCH3 is 1. The number of rotatable bonds is 7. The Balaban J connectivity index is 2.36. The molecule has 2 heterocycles. The molecule has 114 valence electrons. The number of hydrogen-bond acceptors (Lipinski definition) is 5. The molecule has 0 saturated heterocycles. The fraction of sp³-hybridized carbons (Fsp3) is 0.462. The Morgan fingerprint density at radius 1 is 1.62 bits per heavy atom. The molecule has 2 aromatic rings. The molecule has 2 rings (SSSR count). The van der Waals surface area contributed by atoms with E-state index in [1.54, 1.807) is 13.3 Å². The summed E-state index contributed by atoms with van der Waals surface area (Å²) in [7, 11) is 1.66. The summed E-state index contributed by atoms with van der Waals surface area (Å²) in [5, 5.41) is 9.52. The molecule has 0 aromatic carbocycles. The Bertz CT molecular complexity index is 647. The van der Waals surface area contributed by atoms with Gasteiger partial charge in [-0.3, -0.25) is 4.79 Å². The number of carboxylic acid groups (broad SMARTS) is 1. The fourth-order valence-corrected chi connectivity index (χ4v) is 3.07. The van der Waals surface area contributed by atoms with Crippen molar-refractivity contribution in [3.05, 3.63) is 16.7 Å². The second kappa shape index (κ2) is 7.24. The van der Waals surface area contributed by atoms with Crippen LogP contribution in [0.25, 0.3) is 11.2 Å². The van der Waals surface area contributed by atoms with Gasteiger partial charge in [0.05, 0.1) is 12.4 Å². The zero-order valence-corrected chi connectivity index (χ0v) is 14.1. The van der Waals surface area contributed by atoms with Gasteiger partial charge in [0.2, 0.25) is 0 Å². The maximum Gasteiger partial charge on any atom is 0.313 e. The lowest BCUT2D eigenvalue weighted by atomic mass is 10.2. The summed E-state index contributed by atoms with van der Waals surface area (Å²) in [5.41, 5.74) is 1.51. The first-order valence-corrected chi connectivity index (χ1v) is 8.14. The van der Waals surface area contributed by atoms with Gasteiger partial charge in [-0.1, -0.05) is 18.7 Å². The molecule has 0 bridgehead atoms. The van der Waals surface area contributed by atoms with Crippen LogP contribution in [0.4, 0.5) is 0 Å². The highest BCUT2D eigenvalue weighted by Gasteiger charge is 2.16. The molecule has 0 fully saturated rings. The van der Waals surface area contributed by atoms with Gasteiger partial charge in [-0.05, 0) is 27.9 Å². The molecule has 1 atom stereocenters. The summed E-state index contributed by atoms with van der Waals surface area (Å²) in [6.07, 6.45) is 1.72. The van der Waals surface area contributed by atoms with E-state index in [9.17, 15) is 4.79 Å². The molecule has 2 aromatic heterocycles. The lowest BCUT2D eigenvalue weighted by Gasteiger charge is -2.13. The first kappa shape index (κ1) is 16.3. The summed E-state index contributed by atoms with van der Waals surface area (Å²) in [4.78, 5) is 19.7. The van der Waals surface area contributed by atoms with Gasteiger partial charge < -0.3 is 14.4 Å². The predicted octanol–water partition coefficient (Wildman–Crippen LogP) is 2.65. The van der Waals surface area contributed by atoms with Crippen LogP contribution in [0.2, 0.25) is 0 Å². The van der Waals surface area contributed by atoms with E-state index in [1.807, 2.05) is 10.6 Å². The van der Waals surface area contributed by atoms with Gasteiger partial charge in [0.15, 0.2) is 10.8 Å². The quantitative estimate of drug-likeness (QED) is 0.751. The van der Waals surface area contributed by atoms with Crippen molar-refractivity contribution in [2.24, 2.45) is 5.92 Å². The van der Waals surface area contributed by atoms with Crippen LogP contribution in [-0.4, -0.2) is 45.1 Å². The SMILES string of the molecule is COCC(C)Cn1c(SCC(=O)O)nc2cc(Br)cnc21.